The van der Waals surface area contributed by atoms with Gasteiger partial charge in [-0.3, -0.25) is 0 Å². The zero-order valence-corrected chi connectivity index (χ0v) is 10.2. The Hall–Kier alpha value is -0.820. The summed E-state index contributed by atoms with van der Waals surface area (Å²) in [5.74, 6) is 0. The SMILES string of the molecule is CCc1cccc(CCCC(C)(C)N)c1. The average Bonchev–Trinajstić information content (AvgIpc) is 2.16. The Morgan fingerprint density at radius 3 is 2.47 bits per heavy atom. The van der Waals surface area contributed by atoms with Crippen LogP contribution in [0.3, 0.4) is 0 Å². The maximum Gasteiger partial charge on any atom is 0.00971 e. The average molecular weight is 205 g/mol. The van der Waals surface area contributed by atoms with Gasteiger partial charge < -0.3 is 5.73 Å². The largest absolute Gasteiger partial charge is 0.326 e. The maximum absolute atomic E-state index is 5.96. The van der Waals surface area contributed by atoms with Gasteiger partial charge in [-0.1, -0.05) is 31.2 Å². The van der Waals surface area contributed by atoms with Crippen molar-refractivity contribution in [3.05, 3.63) is 35.4 Å². The molecule has 1 aromatic rings. The number of hydrogen-bond acceptors (Lipinski definition) is 1. The molecule has 0 radical (unpaired) electrons. The van der Waals surface area contributed by atoms with Crippen molar-refractivity contribution in [3.8, 4) is 0 Å². The third-order valence-electron chi connectivity index (χ3n) is 2.69. The van der Waals surface area contributed by atoms with Crippen LogP contribution in [0.25, 0.3) is 0 Å². The lowest BCUT2D eigenvalue weighted by molar-refractivity contribution is 0.459. The molecular formula is C14H23N. The summed E-state index contributed by atoms with van der Waals surface area (Å²) in [7, 11) is 0. The second-order valence-electron chi connectivity index (χ2n) is 5.02. The Kier molecular flexibility index (Phi) is 4.34. The minimum absolute atomic E-state index is 0.0254. The maximum atomic E-state index is 5.96. The number of aryl methyl sites for hydroxylation is 2. The van der Waals surface area contributed by atoms with E-state index >= 15 is 0 Å². The lowest BCUT2D eigenvalue weighted by atomic mass is 9.96. The Labute approximate surface area is 93.7 Å². The lowest BCUT2D eigenvalue weighted by Crippen LogP contribution is -2.31. The summed E-state index contributed by atoms with van der Waals surface area (Å²) in [4.78, 5) is 0. The summed E-state index contributed by atoms with van der Waals surface area (Å²) in [5, 5.41) is 0. The number of hydrogen-bond donors (Lipinski definition) is 1. The third-order valence-corrected chi connectivity index (χ3v) is 2.69. The van der Waals surface area contributed by atoms with Crippen molar-refractivity contribution < 1.29 is 0 Å². The molecular weight excluding hydrogens is 182 g/mol. The van der Waals surface area contributed by atoms with E-state index in [0.717, 1.165) is 19.3 Å². The van der Waals surface area contributed by atoms with Crippen LogP contribution in [0.5, 0.6) is 0 Å². The van der Waals surface area contributed by atoms with Gasteiger partial charge in [0.25, 0.3) is 0 Å². The molecule has 2 N–H and O–H groups in total. The van der Waals surface area contributed by atoms with Gasteiger partial charge in [-0.25, -0.2) is 0 Å². The van der Waals surface area contributed by atoms with E-state index < -0.39 is 0 Å². The first-order valence-electron chi connectivity index (χ1n) is 5.88. The molecule has 1 nitrogen and oxygen atoms in total. The molecule has 0 saturated heterocycles. The fourth-order valence-corrected chi connectivity index (χ4v) is 1.75. The van der Waals surface area contributed by atoms with Gasteiger partial charge in [-0.05, 0) is 50.7 Å². The summed E-state index contributed by atoms with van der Waals surface area (Å²) >= 11 is 0. The van der Waals surface area contributed by atoms with Crippen molar-refractivity contribution in [2.45, 2.75) is 52.0 Å². The van der Waals surface area contributed by atoms with Crippen LogP contribution in [0.4, 0.5) is 0 Å². The van der Waals surface area contributed by atoms with Gasteiger partial charge in [-0.2, -0.15) is 0 Å². The molecule has 0 aliphatic heterocycles. The molecule has 1 aromatic carbocycles. The van der Waals surface area contributed by atoms with E-state index in [9.17, 15) is 0 Å². The van der Waals surface area contributed by atoms with E-state index in [4.69, 9.17) is 5.73 Å². The molecule has 0 saturated carbocycles. The van der Waals surface area contributed by atoms with Crippen LogP contribution in [0, 0.1) is 0 Å². The molecule has 0 aliphatic carbocycles. The summed E-state index contributed by atoms with van der Waals surface area (Å²) in [5.41, 5.74) is 8.80. The highest BCUT2D eigenvalue weighted by Crippen LogP contribution is 2.13. The number of rotatable bonds is 5. The molecule has 0 amide bonds. The smallest absolute Gasteiger partial charge is 0.00971 e. The highest BCUT2D eigenvalue weighted by Gasteiger charge is 2.09. The van der Waals surface area contributed by atoms with Crippen LogP contribution in [-0.4, -0.2) is 5.54 Å². The molecule has 0 aliphatic rings. The minimum atomic E-state index is -0.0254. The van der Waals surface area contributed by atoms with Crippen LogP contribution in [-0.2, 0) is 12.8 Å². The molecule has 0 atom stereocenters. The fraction of sp³-hybridized carbons (Fsp3) is 0.571. The van der Waals surface area contributed by atoms with Crippen LogP contribution in [0.1, 0.15) is 44.7 Å². The topological polar surface area (TPSA) is 26.0 Å². The predicted molar refractivity (Wildman–Crippen MR) is 67.0 cm³/mol. The number of nitrogens with two attached hydrogens (primary N) is 1. The molecule has 1 rings (SSSR count). The van der Waals surface area contributed by atoms with Gasteiger partial charge in [-0.15, -0.1) is 0 Å². The fourth-order valence-electron chi connectivity index (χ4n) is 1.75. The van der Waals surface area contributed by atoms with E-state index in [2.05, 4.69) is 45.0 Å². The highest BCUT2D eigenvalue weighted by atomic mass is 14.7. The van der Waals surface area contributed by atoms with Crippen molar-refractivity contribution in [1.29, 1.82) is 0 Å². The van der Waals surface area contributed by atoms with Crippen molar-refractivity contribution in [3.63, 3.8) is 0 Å². The standard InChI is InChI=1S/C14H23N/c1-4-12-7-5-8-13(11-12)9-6-10-14(2,3)15/h5,7-8,11H,4,6,9-10,15H2,1-3H3. The molecule has 0 spiro atoms. The zero-order valence-electron chi connectivity index (χ0n) is 10.2. The molecule has 84 valence electrons. The van der Waals surface area contributed by atoms with Gasteiger partial charge in [0, 0.05) is 5.54 Å². The molecule has 0 heterocycles. The van der Waals surface area contributed by atoms with Gasteiger partial charge >= 0.3 is 0 Å². The Balaban J connectivity index is 2.44. The molecule has 0 bridgehead atoms. The second-order valence-corrected chi connectivity index (χ2v) is 5.02. The van der Waals surface area contributed by atoms with E-state index in [1.165, 1.54) is 17.5 Å². The second kappa shape index (κ2) is 5.32. The molecule has 0 aromatic heterocycles. The monoisotopic (exact) mass is 205 g/mol. The first-order valence-corrected chi connectivity index (χ1v) is 5.88. The van der Waals surface area contributed by atoms with E-state index in [1.807, 2.05) is 0 Å². The molecule has 0 unspecified atom stereocenters. The summed E-state index contributed by atoms with van der Waals surface area (Å²) < 4.78 is 0. The Bertz CT molecular complexity index is 296. The van der Waals surface area contributed by atoms with Crippen LogP contribution in [0.15, 0.2) is 24.3 Å². The van der Waals surface area contributed by atoms with Crippen molar-refractivity contribution in [2.75, 3.05) is 0 Å². The van der Waals surface area contributed by atoms with Gasteiger partial charge in [0.2, 0.25) is 0 Å². The van der Waals surface area contributed by atoms with E-state index in [0.29, 0.717) is 0 Å². The highest BCUT2D eigenvalue weighted by molar-refractivity contribution is 5.23. The van der Waals surface area contributed by atoms with Crippen LogP contribution >= 0.6 is 0 Å². The Morgan fingerprint density at radius 2 is 1.87 bits per heavy atom. The first kappa shape index (κ1) is 12.3. The van der Waals surface area contributed by atoms with Crippen molar-refractivity contribution in [1.82, 2.24) is 0 Å². The number of benzene rings is 1. The first-order chi connectivity index (χ1) is 7.01. The summed E-state index contributed by atoms with van der Waals surface area (Å²) in [6.45, 7) is 6.38. The quantitative estimate of drug-likeness (QED) is 0.784. The van der Waals surface area contributed by atoms with Crippen LogP contribution in [0.2, 0.25) is 0 Å². The van der Waals surface area contributed by atoms with Gasteiger partial charge in [0.1, 0.15) is 0 Å². The van der Waals surface area contributed by atoms with Crippen LogP contribution < -0.4 is 5.73 Å². The Morgan fingerprint density at radius 1 is 1.20 bits per heavy atom. The lowest BCUT2D eigenvalue weighted by Gasteiger charge is -2.17. The van der Waals surface area contributed by atoms with E-state index in [1.54, 1.807) is 0 Å². The van der Waals surface area contributed by atoms with Crippen molar-refractivity contribution in [2.24, 2.45) is 5.73 Å². The predicted octanol–water partition coefficient (Wildman–Crippen LogP) is 3.31. The summed E-state index contributed by atoms with van der Waals surface area (Å²) in [6, 6.07) is 8.87. The van der Waals surface area contributed by atoms with Crippen molar-refractivity contribution >= 4 is 0 Å². The molecule has 0 fully saturated rings. The zero-order chi connectivity index (χ0) is 11.3. The summed E-state index contributed by atoms with van der Waals surface area (Å²) in [6.07, 6.45) is 4.53. The third kappa shape index (κ3) is 4.98. The molecule has 1 heteroatoms. The minimum Gasteiger partial charge on any atom is -0.326 e. The molecule has 15 heavy (non-hydrogen) atoms. The normalized spacial score (nSPS) is 11.7. The van der Waals surface area contributed by atoms with Gasteiger partial charge in [0.05, 0.1) is 0 Å². The van der Waals surface area contributed by atoms with Gasteiger partial charge in [0.15, 0.2) is 0 Å². The van der Waals surface area contributed by atoms with E-state index in [-0.39, 0.29) is 5.54 Å².